The number of anilines is 3. The highest BCUT2D eigenvalue weighted by atomic mass is 19.1. The Morgan fingerprint density at radius 1 is 1.00 bits per heavy atom. The molecular formula is C20H21FN4. The Morgan fingerprint density at radius 3 is 2.48 bits per heavy atom. The molecule has 0 spiro atoms. The molecule has 3 aromatic rings. The number of aromatic nitrogens is 2. The van der Waals surface area contributed by atoms with Gasteiger partial charge in [0.15, 0.2) is 0 Å². The molecule has 0 radical (unpaired) electrons. The molecule has 4 nitrogen and oxygen atoms in total. The van der Waals surface area contributed by atoms with E-state index in [0.29, 0.717) is 5.95 Å². The molecule has 0 saturated heterocycles. The lowest BCUT2D eigenvalue weighted by Crippen LogP contribution is -2.19. The van der Waals surface area contributed by atoms with Gasteiger partial charge in [0.05, 0.1) is 0 Å². The molecule has 0 saturated carbocycles. The number of nitrogens with one attached hydrogen (secondary N) is 1. The Hall–Kier alpha value is -2.95. The molecule has 5 heteroatoms. The van der Waals surface area contributed by atoms with Crippen LogP contribution in [0, 0.1) is 5.82 Å². The molecule has 0 fully saturated rings. The van der Waals surface area contributed by atoms with Crippen LogP contribution in [0.2, 0.25) is 0 Å². The van der Waals surface area contributed by atoms with E-state index in [1.165, 1.54) is 12.1 Å². The number of nitrogens with zero attached hydrogens (tertiary/aromatic N) is 3. The first-order valence-electron chi connectivity index (χ1n) is 8.40. The Labute approximate surface area is 147 Å². The van der Waals surface area contributed by atoms with Gasteiger partial charge in [0.1, 0.15) is 11.6 Å². The van der Waals surface area contributed by atoms with Crippen LogP contribution in [0.3, 0.4) is 0 Å². The van der Waals surface area contributed by atoms with E-state index >= 15 is 0 Å². The van der Waals surface area contributed by atoms with Crippen LogP contribution in [0.25, 0.3) is 0 Å². The second-order valence-corrected chi connectivity index (χ2v) is 5.62. The second kappa shape index (κ2) is 8.24. The van der Waals surface area contributed by atoms with Crippen LogP contribution in [0.15, 0.2) is 66.9 Å². The average Bonchev–Trinajstić information content (AvgIpc) is 2.65. The summed E-state index contributed by atoms with van der Waals surface area (Å²) in [6.45, 7) is 3.58. The summed E-state index contributed by atoms with van der Waals surface area (Å²) in [5.41, 5.74) is 2.15. The summed E-state index contributed by atoms with van der Waals surface area (Å²) in [4.78, 5) is 11.1. The van der Waals surface area contributed by atoms with Gasteiger partial charge in [-0.1, -0.05) is 30.3 Å². The van der Waals surface area contributed by atoms with E-state index in [0.717, 1.165) is 36.6 Å². The molecule has 0 aliphatic rings. The van der Waals surface area contributed by atoms with Crippen LogP contribution < -0.4 is 10.2 Å². The second-order valence-electron chi connectivity index (χ2n) is 5.62. The summed E-state index contributed by atoms with van der Waals surface area (Å²) < 4.78 is 12.9. The zero-order valence-corrected chi connectivity index (χ0v) is 14.2. The largest absolute Gasteiger partial charge is 0.370 e. The smallest absolute Gasteiger partial charge is 0.231 e. The minimum absolute atomic E-state index is 0.210. The first kappa shape index (κ1) is 16.9. The molecule has 1 heterocycles. The van der Waals surface area contributed by atoms with Gasteiger partial charge in [0.2, 0.25) is 5.95 Å². The highest BCUT2D eigenvalue weighted by Gasteiger charge is 2.10. The molecule has 0 bridgehead atoms. The fraction of sp³-hybridized carbons (Fsp3) is 0.200. The fourth-order valence-electron chi connectivity index (χ4n) is 2.61. The van der Waals surface area contributed by atoms with Gasteiger partial charge in [-0.2, -0.15) is 4.98 Å². The molecule has 0 amide bonds. The molecular weight excluding hydrogens is 315 g/mol. The molecule has 0 aliphatic heterocycles. The summed E-state index contributed by atoms with van der Waals surface area (Å²) in [6.07, 6.45) is 2.56. The zero-order valence-electron chi connectivity index (χ0n) is 14.2. The normalized spacial score (nSPS) is 10.5. The van der Waals surface area contributed by atoms with Crippen molar-refractivity contribution < 1.29 is 4.39 Å². The number of para-hydroxylation sites is 1. The third-order valence-electron chi connectivity index (χ3n) is 3.90. The van der Waals surface area contributed by atoms with Gasteiger partial charge in [-0.25, -0.2) is 9.37 Å². The number of hydrogen-bond donors (Lipinski definition) is 1. The van der Waals surface area contributed by atoms with Gasteiger partial charge in [-0.3, -0.25) is 0 Å². The molecule has 0 atom stereocenters. The SMILES string of the molecule is CCN(c1ccccc1)c1nccc(NCCc2ccc(F)cc2)n1. The number of halogens is 1. The summed E-state index contributed by atoms with van der Waals surface area (Å²) in [6, 6.07) is 18.5. The zero-order chi connectivity index (χ0) is 17.5. The summed E-state index contributed by atoms with van der Waals surface area (Å²) in [7, 11) is 0. The van der Waals surface area contributed by atoms with Crippen LogP contribution in [0.4, 0.5) is 21.8 Å². The van der Waals surface area contributed by atoms with Crippen LogP contribution in [-0.4, -0.2) is 23.1 Å². The highest BCUT2D eigenvalue weighted by Crippen LogP contribution is 2.21. The first-order valence-corrected chi connectivity index (χ1v) is 8.40. The van der Waals surface area contributed by atoms with Gasteiger partial charge >= 0.3 is 0 Å². The van der Waals surface area contributed by atoms with E-state index in [4.69, 9.17) is 0 Å². The van der Waals surface area contributed by atoms with Crippen molar-refractivity contribution in [3.8, 4) is 0 Å². The summed E-state index contributed by atoms with van der Waals surface area (Å²) >= 11 is 0. The van der Waals surface area contributed by atoms with Gasteiger partial charge in [0, 0.05) is 25.0 Å². The topological polar surface area (TPSA) is 41.1 Å². The molecule has 1 N–H and O–H groups in total. The van der Waals surface area contributed by atoms with Crippen molar-refractivity contribution >= 4 is 17.5 Å². The molecule has 0 aliphatic carbocycles. The van der Waals surface area contributed by atoms with E-state index in [1.54, 1.807) is 18.3 Å². The van der Waals surface area contributed by atoms with E-state index in [9.17, 15) is 4.39 Å². The van der Waals surface area contributed by atoms with Gasteiger partial charge in [-0.05, 0) is 49.2 Å². The van der Waals surface area contributed by atoms with Gasteiger partial charge in [0.25, 0.3) is 0 Å². The monoisotopic (exact) mass is 336 g/mol. The predicted molar refractivity (Wildman–Crippen MR) is 99.7 cm³/mol. The third kappa shape index (κ3) is 4.53. The first-order chi connectivity index (χ1) is 12.3. The van der Waals surface area contributed by atoms with Crippen LogP contribution in [-0.2, 0) is 6.42 Å². The van der Waals surface area contributed by atoms with Crippen LogP contribution >= 0.6 is 0 Å². The lowest BCUT2D eigenvalue weighted by atomic mass is 10.1. The standard InChI is InChI=1S/C20H21FN4/c1-2-25(18-6-4-3-5-7-18)20-23-15-13-19(24-20)22-14-12-16-8-10-17(21)11-9-16/h3-11,13,15H,2,12,14H2,1H3,(H,22,23,24). The number of benzene rings is 2. The molecule has 1 aromatic heterocycles. The third-order valence-corrected chi connectivity index (χ3v) is 3.90. The molecule has 25 heavy (non-hydrogen) atoms. The highest BCUT2D eigenvalue weighted by molar-refractivity contribution is 5.58. The lowest BCUT2D eigenvalue weighted by molar-refractivity contribution is 0.627. The van der Waals surface area contributed by atoms with Crippen LogP contribution in [0.1, 0.15) is 12.5 Å². The van der Waals surface area contributed by atoms with Crippen molar-refractivity contribution in [2.45, 2.75) is 13.3 Å². The molecule has 3 rings (SSSR count). The quantitative estimate of drug-likeness (QED) is 0.693. The summed E-state index contributed by atoms with van der Waals surface area (Å²) in [5.74, 6) is 1.24. The van der Waals surface area contributed by atoms with E-state index < -0.39 is 0 Å². The lowest BCUT2D eigenvalue weighted by Gasteiger charge is -2.21. The molecule has 2 aromatic carbocycles. The van der Waals surface area contributed by atoms with Crippen LogP contribution in [0.5, 0.6) is 0 Å². The van der Waals surface area contributed by atoms with Crippen molar-refractivity contribution in [3.63, 3.8) is 0 Å². The van der Waals surface area contributed by atoms with Crippen molar-refractivity contribution in [3.05, 3.63) is 78.2 Å². The number of rotatable bonds is 7. The van der Waals surface area contributed by atoms with Gasteiger partial charge < -0.3 is 10.2 Å². The predicted octanol–water partition coefficient (Wildman–Crippen LogP) is 4.43. The Morgan fingerprint density at radius 2 is 1.76 bits per heavy atom. The van der Waals surface area contributed by atoms with Crippen molar-refractivity contribution in [1.29, 1.82) is 0 Å². The van der Waals surface area contributed by atoms with Crippen molar-refractivity contribution in [2.24, 2.45) is 0 Å². The minimum Gasteiger partial charge on any atom is -0.370 e. The number of hydrogen-bond acceptors (Lipinski definition) is 4. The Bertz CT molecular complexity index is 790. The van der Waals surface area contributed by atoms with Crippen molar-refractivity contribution in [1.82, 2.24) is 9.97 Å². The van der Waals surface area contributed by atoms with Crippen molar-refractivity contribution in [2.75, 3.05) is 23.3 Å². The maximum atomic E-state index is 12.9. The van der Waals surface area contributed by atoms with E-state index in [1.807, 2.05) is 36.4 Å². The maximum Gasteiger partial charge on any atom is 0.231 e. The van der Waals surface area contributed by atoms with E-state index in [-0.39, 0.29) is 5.82 Å². The van der Waals surface area contributed by atoms with E-state index in [2.05, 4.69) is 27.1 Å². The fourth-order valence-corrected chi connectivity index (χ4v) is 2.61. The maximum absolute atomic E-state index is 12.9. The Balaban J connectivity index is 1.65. The van der Waals surface area contributed by atoms with Gasteiger partial charge in [-0.15, -0.1) is 0 Å². The minimum atomic E-state index is -0.210. The molecule has 128 valence electrons. The molecule has 0 unspecified atom stereocenters. The summed E-state index contributed by atoms with van der Waals surface area (Å²) in [5, 5.41) is 3.31. The average molecular weight is 336 g/mol. The Kier molecular flexibility index (Phi) is 5.57.